The molecule has 0 bridgehead atoms. The molecule has 0 saturated carbocycles. The molecule has 1 heterocycles. The van der Waals surface area contributed by atoms with Crippen LogP contribution in [0.3, 0.4) is 0 Å². The van der Waals surface area contributed by atoms with Gasteiger partial charge in [0.15, 0.2) is 5.78 Å². The maximum absolute atomic E-state index is 12.8. The lowest BCUT2D eigenvalue weighted by Gasteiger charge is -2.07. The number of rotatable bonds is 3. The quantitative estimate of drug-likeness (QED) is 0.736. The Morgan fingerprint density at radius 3 is 2.62 bits per heavy atom. The molecule has 0 atom stereocenters. The van der Waals surface area contributed by atoms with E-state index < -0.39 is 0 Å². The number of nitrogens with one attached hydrogen (secondary N) is 1. The molecule has 0 aliphatic carbocycles. The summed E-state index contributed by atoms with van der Waals surface area (Å²) < 4.78 is 5.31. The monoisotopic (exact) mass is 279 g/mol. The van der Waals surface area contributed by atoms with Gasteiger partial charge in [0.2, 0.25) is 0 Å². The number of aromatic nitrogens is 1. The normalized spacial score (nSPS) is 10.8. The molecule has 0 saturated heterocycles. The zero-order chi connectivity index (χ0) is 15.0. The van der Waals surface area contributed by atoms with Crippen LogP contribution in [0, 0.1) is 13.8 Å². The number of fused-ring (bicyclic) bond motifs is 1. The van der Waals surface area contributed by atoms with Gasteiger partial charge >= 0.3 is 0 Å². The van der Waals surface area contributed by atoms with Crippen LogP contribution in [-0.2, 0) is 0 Å². The van der Waals surface area contributed by atoms with E-state index in [9.17, 15) is 4.79 Å². The number of benzene rings is 2. The molecular weight excluding hydrogens is 262 g/mol. The Bertz CT molecular complexity index is 830. The van der Waals surface area contributed by atoms with Crippen molar-refractivity contribution in [3.8, 4) is 5.75 Å². The molecule has 3 heteroatoms. The van der Waals surface area contributed by atoms with Crippen molar-refractivity contribution in [2.75, 3.05) is 7.11 Å². The predicted molar refractivity (Wildman–Crippen MR) is 84.2 cm³/mol. The Morgan fingerprint density at radius 1 is 1.10 bits per heavy atom. The van der Waals surface area contributed by atoms with Crippen molar-refractivity contribution < 1.29 is 9.53 Å². The summed E-state index contributed by atoms with van der Waals surface area (Å²) in [6.45, 7) is 3.89. The van der Waals surface area contributed by atoms with Crippen molar-refractivity contribution in [3.05, 3.63) is 64.8 Å². The Hall–Kier alpha value is -2.55. The highest BCUT2D eigenvalue weighted by atomic mass is 16.5. The number of hydrogen-bond donors (Lipinski definition) is 1. The van der Waals surface area contributed by atoms with Crippen LogP contribution in [0.25, 0.3) is 10.9 Å². The lowest BCUT2D eigenvalue weighted by molar-refractivity contribution is 0.103. The van der Waals surface area contributed by atoms with Crippen LogP contribution >= 0.6 is 0 Å². The van der Waals surface area contributed by atoms with Gasteiger partial charge in [0.05, 0.1) is 12.7 Å². The number of carbonyl (C=O) groups excluding carboxylic acids is 1. The summed E-state index contributed by atoms with van der Waals surface area (Å²) in [6, 6.07) is 13.4. The van der Waals surface area contributed by atoms with Crippen LogP contribution in [0.2, 0.25) is 0 Å². The second-order valence-corrected chi connectivity index (χ2v) is 5.18. The highest BCUT2D eigenvalue weighted by Crippen LogP contribution is 2.27. The third kappa shape index (κ3) is 2.21. The molecule has 0 aliphatic rings. The summed E-state index contributed by atoms with van der Waals surface area (Å²) in [5, 5.41) is 0.958. The Kier molecular flexibility index (Phi) is 3.26. The van der Waals surface area contributed by atoms with E-state index >= 15 is 0 Å². The second kappa shape index (κ2) is 5.09. The molecule has 3 rings (SSSR count). The molecule has 0 fully saturated rings. The zero-order valence-electron chi connectivity index (χ0n) is 12.4. The zero-order valence-corrected chi connectivity index (χ0v) is 12.4. The number of para-hydroxylation sites is 1. The minimum Gasteiger partial charge on any atom is -0.496 e. The van der Waals surface area contributed by atoms with Crippen LogP contribution in [0.5, 0.6) is 5.75 Å². The average Bonchev–Trinajstić information content (AvgIpc) is 2.82. The summed E-state index contributed by atoms with van der Waals surface area (Å²) in [6.07, 6.45) is 0. The van der Waals surface area contributed by atoms with Crippen molar-refractivity contribution in [1.82, 2.24) is 4.98 Å². The fourth-order valence-electron chi connectivity index (χ4n) is 2.67. The Morgan fingerprint density at radius 2 is 1.86 bits per heavy atom. The van der Waals surface area contributed by atoms with Crippen LogP contribution in [0.4, 0.5) is 0 Å². The molecule has 106 valence electrons. The fourth-order valence-corrected chi connectivity index (χ4v) is 2.67. The summed E-state index contributed by atoms with van der Waals surface area (Å²) in [4.78, 5) is 16.1. The predicted octanol–water partition coefficient (Wildman–Crippen LogP) is 4.02. The topological polar surface area (TPSA) is 42.1 Å². The first-order valence-electron chi connectivity index (χ1n) is 6.88. The standard InChI is InChI=1S/C18H17NO2/c1-11-8-9-13(10-16(11)21-3)18(20)17-12(2)19-15-7-5-4-6-14(15)17/h4-10,19H,1-3H3. The molecule has 1 aromatic heterocycles. The van der Waals surface area contributed by atoms with Gasteiger partial charge in [-0.15, -0.1) is 0 Å². The van der Waals surface area contributed by atoms with E-state index in [1.54, 1.807) is 13.2 Å². The van der Waals surface area contributed by atoms with Crippen molar-refractivity contribution >= 4 is 16.7 Å². The van der Waals surface area contributed by atoms with E-state index in [-0.39, 0.29) is 5.78 Å². The largest absolute Gasteiger partial charge is 0.496 e. The number of methoxy groups -OCH3 is 1. The lowest BCUT2D eigenvalue weighted by Crippen LogP contribution is -2.03. The maximum Gasteiger partial charge on any atom is 0.195 e. The second-order valence-electron chi connectivity index (χ2n) is 5.18. The Balaban J connectivity index is 2.15. The van der Waals surface area contributed by atoms with Crippen LogP contribution in [0.1, 0.15) is 27.2 Å². The number of H-pyrrole nitrogens is 1. The first-order valence-corrected chi connectivity index (χ1v) is 6.88. The molecule has 0 unspecified atom stereocenters. The van der Waals surface area contributed by atoms with Gasteiger partial charge in [-0.3, -0.25) is 4.79 Å². The molecule has 1 N–H and O–H groups in total. The highest BCUT2D eigenvalue weighted by molar-refractivity contribution is 6.17. The van der Waals surface area contributed by atoms with E-state index in [2.05, 4.69) is 4.98 Å². The first-order chi connectivity index (χ1) is 10.1. The lowest BCUT2D eigenvalue weighted by atomic mass is 9.99. The summed E-state index contributed by atoms with van der Waals surface area (Å²) in [7, 11) is 1.62. The molecule has 3 nitrogen and oxygen atoms in total. The molecule has 21 heavy (non-hydrogen) atoms. The van der Waals surface area contributed by atoms with Gasteiger partial charge in [-0.25, -0.2) is 0 Å². The third-order valence-electron chi connectivity index (χ3n) is 3.79. The summed E-state index contributed by atoms with van der Waals surface area (Å²) >= 11 is 0. The van der Waals surface area contributed by atoms with Gasteiger partial charge in [-0.1, -0.05) is 30.3 Å². The number of aryl methyl sites for hydroxylation is 2. The molecule has 0 radical (unpaired) electrons. The third-order valence-corrected chi connectivity index (χ3v) is 3.79. The molecule has 0 amide bonds. The van der Waals surface area contributed by atoms with Gasteiger partial charge in [0.25, 0.3) is 0 Å². The van der Waals surface area contributed by atoms with E-state index in [4.69, 9.17) is 4.74 Å². The van der Waals surface area contributed by atoms with Gasteiger partial charge in [-0.2, -0.15) is 0 Å². The SMILES string of the molecule is COc1cc(C(=O)c2c(C)[nH]c3ccccc23)ccc1C. The van der Waals surface area contributed by atoms with Gasteiger partial charge < -0.3 is 9.72 Å². The molecule has 0 spiro atoms. The molecule has 3 aromatic rings. The smallest absolute Gasteiger partial charge is 0.195 e. The van der Waals surface area contributed by atoms with E-state index in [1.807, 2.05) is 50.2 Å². The van der Waals surface area contributed by atoms with E-state index in [0.29, 0.717) is 5.56 Å². The number of hydrogen-bond acceptors (Lipinski definition) is 2. The van der Waals surface area contributed by atoms with Crippen molar-refractivity contribution in [3.63, 3.8) is 0 Å². The molecule has 0 aliphatic heterocycles. The van der Waals surface area contributed by atoms with Crippen LogP contribution < -0.4 is 4.74 Å². The number of ether oxygens (including phenoxy) is 1. The van der Waals surface area contributed by atoms with Crippen LogP contribution in [0.15, 0.2) is 42.5 Å². The minimum absolute atomic E-state index is 0.0169. The first kappa shape index (κ1) is 13.4. The van der Waals surface area contributed by atoms with Gasteiger partial charge in [0.1, 0.15) is 5.75 Å². The van der Waals surface area contributed by atoms with Gasteiger partial charge in [-0.05, 0) is 31.5 Å². The van der Waals surface area contributed by atoms with Crippen molar-refractivity contribution in [2.45, 2.75) is 13.8 Å². The summed E-state index contributed by atoms with van der Waals surface area (Å²) in [5.74, 6) is 0.751. The minimum atomic E-state index is 0.0169. The average molecular weight is 279 g/mol. The molecule has 2 aromatic carbocycles. The summed E-state index contributed by atoms with van der Waals surface area (Å²) in [5.41, 5.74) is 4.27. The van der Waals surface area contributed by atoms with Crippen molar-refractivity contribution in [1.29, 1.82) is 0 Å². The maximum atomic E-state index is 12.8. The van der Waals surface area contributed by atoms with Crippen molar-refractivity contribution in [2.24, 2.45) is 0 Å². The number of carbonyl (C=O) groups is 1. The highest BCUT2D eigenvalue weighted by Gasteiger charge is 2.18. The number of aromatic amines is 1. The van der Waals surface area contributed by atoms with E-state index in [0.717, 1.165) is 33.5 Å². The Labute approximate surface area is 123 Å². The van der Waals surface area contributed by atoms with E-state index in [1.165, 1.54) is 0 Å². The molecular formula is C18H17NO2. The fraction of sp³-hybridized carbons (Fsp3) is 0.167. The number of ketones is 1. The van der Waals surface area contributed by atoms with Crippen LogP contribution in [-0.4, -0.2) is 17.9 Å². The van der Waals surface area contributed by atoms with Gasteiger partial charge in [0, 0.05) is 22.2 Å².